The van der Waals surface area contributed by atoms with E-state index < -0.39 is 0 Å². The van der Waals surface area contributed by atoms with E-state index in [0.717, 1.165) is 19.3 Å². The first-order valence-electron chi connectivity index (χ1n) is 4.53. The molecule has 2 fully saturated rings. The van der Waals surface area contributed by atoms with E-state index in [0.29, 0.717) is 11.2 Å². The molecule has 0 aliphatic heterocycles. The molecular weight excluding hydrogens is 136 g/mol. The summed E-state index contributed by atoms with van der Waals surface area (Å²) in [5, 5.41) is 0. The molecule has 58 valence electrons. The van der Waals surface area contributed by atoms with E-state index in [1.165, 1.54) is 12.8 Å². The minimum Gasteiger partial charge on any atom is -0.299 e. The smallest absolute Gasteiger partial charge is 0.143 e. The third-order valence-electron chi connectivity index (χ3n) is 4.07. The first-order chi connectivity index (χ1) is 5.29. The lowest BCUT2D eigenvalue weighted by molar-refractivity contribution is -0.126. The van der Waals surface area contributed by atoms with Gasteiger partial charge in [-0.3, -0.25) is 4.79 Å². The van der Waals surface area contributed by atoms with Gasteiger partial charge in [0.05, 0.1) is 5.41 Å². The van der Waals surface area contributed by atoms with Crippen LogP contribution < -0.4 is 0 Å². The Kier molecular flexibility index (Phi) is 0.790. The number of hydrogen-bond acceptors (Lipinski definition) is 1. The van der Waals surface area contributed by atoms with Crippen molar-refractivity contribution in [1.82, 2.24) is 0 Å². The average Bonchev–Trinajstić information content (AvgIpc) is 2.27. The molecule has 0 heterocycles. The Morgan fingerprint density at radius 1 is 1.18 bits per heavy atom. The molecule has 0 N–H and O–H groups in total. The first kappa shape index (κ1) is 5.99. The molecule has 3 aliphatic rings. The normalized spacial score (nSPS) is 52.2. The van der Waals surface area contributed by atoms with Crippen LogP contribution in [0.2, 0.25) is 0 Å². The maximum Gasteiger partial charge on any atom is 0.143 e. The summed E-state index contributed by atoms with van der Waals surface area (Å²) in [6.45, 7) is 0. The van der Waals surface area contributed by atoms with E-state index in [4.69, 9.17) is 0 Å². The molecular formula is C10H12O. The molecule has 1 heteroatoms. The second kappa shape index (κ2) is 1.45. The van der Waals surface area contributed by atoms with Crippen LogP contribution in [-0.4, -0.2) is 5.78 Å². The topological polar surface area (TPSA) is 17.1 Å². The van der Waals surface area contributed by atoms with E-state index in [9.17, 15) is 4.79 Å². The van der Waals surface area contributed by atoms with Gasteiger partial charge in [0.15, 0.2) is 0 Å². The van der Waals surface area contributed by atoms with E-state index in [-0.39, 0.29) is 5.41 Å². The van der Waals surface area contributed by atoms with Crippen molar-refractivity contribution in [2.75, 3.05) is 0 Å². The van der Waals surface area contributed by atoms with Crippen molar-refractivity contribution in [2.45, 2.75) is 32.1 Å². The van der Waals surface area contributed by atoms with E-state index in [2.05, 4.69) is 12.2 Å². The van der Waals surface area contributed by atoms with Crippen molar-refractivity contribution in [3.8, 4) is 0 Å². The van der Waals surface area contributed by atoms with Gasteiger partial charge in [-0.15, -0.1) is 0 Å². The van der Waals surface area contributed by atoms with Crippen LogP contribution in [0.4, 0.5) is 0 Å². The highest BCUT2D eigenvalue weighted by Gasteiger charge is 2.64. The number of hydrogen-bond donors (Lipinski definition) is 0. The van der Waals surface area contributed by atoms with Gasteiger partial charge in [-0.05, 0) is 19.3 Å². The third kappa shape index (κ3) is 0.412. The van der Waals surface area contributed by atoms with Gasteiger partial charge in [0.2, 0.25) is 0 Å². The molecule has 0 radical (unpaired) electrons. The van der Waals surface area contributed by atoms with Crippen LogP contribution in [0.1, 0.15) is 32.1 Å². The second-order valence-electron chi connectivity index (χ2n) is 4.24. The van der Waals surface area contributed by atoms with Crippen LogP contribution in [0.15, 0.2) is 12.2 Å². The lowest BCUT2D eigenvalue weighted by Crippen LogP contribution is -2.40. The van der Waals surface area contributed by atoms with Gasteiger partial charge in [0.25, 0.3) is 0 Å². The lowest BCUT2D eigenvalue weighted by atomic mass is 9.59. The number of ketones is 1. The van der Waals surface area contributed by atoms with Crippen LogP contribution in [0.25, 0.3) is 0 Å². The summed E-state index contributed by atoms with van der Waals surface area (Å²) in [6.07, 6.45) is 10.1. The monoisotopic (exact) mass is 148 g/mol. The second-order valence-corrected chi connectivity index (χ2v) is 4.24. The molecule has 1 nitrogen and oxygen atoms in total. The summed E-state index contributed by atoms with van der Waals surface area (Å²) in [6, 6.07) is 0. The van der Waals surface area contributed by atoms with Gasteiger partial charge in [-0.2, -0.15) is 0 Å². The Hall–Kier alpha value is -0.590. The van der Waals surface area contributed by atoms with Gasteiger partial charge in [0.1, 0.15) is 5.78 Å². The molecule has 3 aliphatic carbocycles. The van der Waals surface area contributed by atoms with E-state index in [1.807, 2.05) is 0 Å². The number of Topliss-reactive ketones (excluding diaryl/α,β-unsaturated/α-hetero) is 1. The zero-order chi connectivity index (χ0) is 7.53. The molecule has 2 atom stereocenters. The van der Waals surface area contributed by atoms with Crippen LogP contribution in [0.3, 0.4) is 0 Å². The quantitative estimate of drug-likeness (QED) is 0.481. The summed E-state index contributed by atoms with van der Waals surface area (Å²) in [4.78, 5) is 11.6. The molecule has 0 saturated heterocycles. The van der Waals surface area contributed by atoms with Crippen LogP contribution in [0.5, 0.6) is 0 Å². The Labute approximate surface area is 66.5 Å². The molecule has 0 amide bonds. The van der Waals surface area contributed by atoms with E-state index >= 15 is 0 Å². The molecule has 2 saturated carbocycles. The first-order valence-corrected chi connectivity index (χ1v) is 4.53. The van der Waals surface area contributed by atoms with Crippen molar-refractivity contribution in [3.63, 3.8) is 0 Å². The highest BCUT2D eigenvalue weighted by molar-refractivity contribution is 5.93. The van der Waals surface area contributed by atoms with Crippen molar-refractivity contribution in [2.24, 2.45) is 10.8 Å². The molecule has 0 aromatic rings. The highest BCUT2D eigenvalue weighted by atomic mass is 16.1. The van der Waals surface area contributed by atoms with Gasteiger partial charge in [-0.25, -0.2) is 0 Å². The summed E-state index contributed by atoms with van der Waals surface area (Å²) >= 11 is 0. The predicted molar refractivity (Wildman–Crippen MR) is 42.1 cm³/mol. The predicted octanol–water partition coefficient (Wildman–Crippen LogP) is 2.08. The minimum absolute atomic E-state index is 0.0625. The Bertz CT molecular complexity index is 266. The van der Waals surface area contributed by atoms with Crippen LogP contribution in [0, 0.1) is 10.8 Å². The molecule has 2 unspecified atom stereocenters. The fourth-order valence-electron chi connectivity index (χ4n) is 3.34. The lowest BCUT2D eigenvalue weighted by Gasteiger charge is -2.42. The van der Waals surface area contributed by atoms with Crippen LogP contribution >= 0.6 is 0 Å². The zero-order valence-corrected chi connectivity index (χ0v) is 6.60. The van der Waals surface area contributed by atoms with Crippen molar-refractivity contribution < 1.29 is 4.79 Å². The fraction of sp³-hybridized carbons (Fsp3) is 0.700. The van der Waals surface area contributed by atoms with Crippen LogP contribution in [-0.2, 0) is 4.79 Å². The van der Waals surface area contributed by atoms with Crippen molar-refractivity contribution in [1.29, 1.82) is 0 Å². The minimum atomic E-state index is 0.0625. The number of carbonyl (C=O) groups excluding carboxylic acids is 1. The molecule has 0 aromatic carbocycles. The highest BCUT2D eigenvalue weighted by Crippen LogP contribution is 2.68. The Balaban J connectivity index is 2.19. The summed E-state index contributed by atoms with van der Waals surface area (Å²) in [7, 11) is 0. The summed E-state index contributed by atoms with van der Waals surface area (Å²) in [5.41, 5.74) is 0.428. The molecule has 11 heavy (non-hydrogen) atoms. The number of allylic oxidation sites excluding steroid dienone is 2. The molecule has 0 bridgehead atoms. The van der Waals surface area contributed by atoms with Gasteiger partial charge in [0, 0.05) is 11.8 Å². The number of rotatable bonds is 0. The zero-order valence-electron chi connectivity index (χ0n) is 6.60. The molecule has 0 spiro atoms. The molecule has 0 aromatic heterocycles. The maximum atomic E-state index is 11.6. The fourth-order valence-corrected chi connectivity index (χ4v) is 3.34. The van der Waals surface area contributed by atoms with Gasteiger partial charge >= 0.3 is 0 Å². The molecule has 3 rings (SSSR count). The van der Waals surface area contributed by atoms with Gasteiger partial charge in [-0.1, -0.05) is 18.6 Å². The van der Waals surface area contributed by atoms with Crippen molar-refractivity contribution >= 4 is 5.78 Å². The SMILES string of the molecule is O=C1CCC23C=CC12CCC3. The van der Waals surface area contributed by atoms with E-state index in [1.54, 1.807) is 0 Å². The van der Waals surface area contributed by atoms with Crippen molar-refractivity contribution in [3.05, 3.63) is 12.2 Å². The maximum absolute atomic E-state index is 11.6. The standard InChI is InChI=1S/C10H12O/c11-8-2-5-9-3-1-4-10(8,9)7-6-9/h6-7H,1-5H2. The largest absolute Gasteiger partial charge is 0.299 e. The third-order valence-corrected chi connectivity index (χ3v) is 4.07. The Morgan fingerprint density at radius 3 is 2.73 bits per heavy atom. The number of carbonyl (C=O) groups is 1. The average molecular weight is 148 g/mol. The summed E-state index contributed by atoms with van der Waals surface area (Å²) < 4.78 is 0. The van der Waals surface area contributed by atoms with Gasteiger partial charge < -0.3 is 0 Å². The Morgan fingerprint density at radius 2 is 2.09 bits per heavy atom. The summed E-state index contributed by atoms with van der Waals surface area (Å²) in [5.74, 6) is 0.525.